The van der Waals surface area contributed by atoms with Gasteiger partial charge in [0.1, 0.15) is 5.82 Å². The average Bonchev–Trinajstić information content (AvgIpc) is 2.74. The van der Waals surface area contributed by atoms with Crippen LogP contribution < -0.4 is 0 Å². The predicted octanol–water partition coefficient (Wildman–Crippen LogP) is 2.18. The summed E-state index contributed by atoms with van der Waals surface area (Å²) >= 11 is 0. The Morgan fingerprint density at radius 1 is 1.00 bits per heavy atom. The predicted molar refractivity (Wildman–Crippen MR) is 109 cm³/mol. The molecule has 0 unspecified atom stereocenters. The second kappa shape index (κ2) is 9.47. The fourth-order valence-corrected chi connectivity index (χ4v) is 4.71. The minimum atomic E-state index is -3.96. The van der Waals surface area contributed by atoms with Gasteiger partial charge in [0.15, 0.2) is 0 Å². The van der Waals surface area contributed by atoms with Gasteiger partial charge in [0.2, 0.25) is 15.9 Å². The third-order valence-electron chi connectivity index (χ3n) is 5.14. The van der Waals surface area contributed by atoms with Gasteiger partial charge in [-0.3, -0.25) is 4.79 Å². The fraction of sp³-hybridized carbons (Fsp3) is 0.381. The van der Waals surface area contributed by atoms with Gasteiger partial charge >= 0.3 is 0 Å². The van der Waals surface area contributed by atoms with Crippen LogP contribution in [0.15, 0.2) is 59.5 Å². The minimum absolute atomic E-state index is 0.0292. The molecule has 0 saturated carbocycles. The molecule has 0 N–H and O–H groups in total. The van der Waals surface area contributed by atoms with Crippen molar-refractivity contribution in [2.45, 2.75) is 18.4 Å². The zero-order valence-corrected chi connectivity index (χ0v) is 17.3. The Bertz CT molecular complexity index is 912. The third kappa shape index (κ3) is 5.41. The number of likely N-dealkylation sites (N-methyl/N-ethyl adjacent to an activating group) is 1. The molecule has 2 aromatic rings. The van der Waals surface area contributed by atoms with Gasteiger partial charge in [-0.25, -0.2) is 12.8 Å². The summed E-state index contributed by atoms with van der Waals surface area (Å²) < 4.78 is 40.8. The Morgan fingerprint density at radius 2 is 1.62 bits per heavy atom. The van der Waals surface area contributed by atoms with E-state index in [0.29, 0.717) is 13.1 Å². The van der Waals surface area contributed by atoms with Crippen LogP contribution >= 0.6 is 0 Å². The topological polar surface area (TPSA) is 60.9 Å². The molecule has 0 aromatic heterocycles. The first kappa shape index (κ1) is 21.4. The highest BCUT2D eigenvalue weighted by atomic mass is 32.2. The van der Waals surface area contributed by atoms with Crippen LogP contribution in [0.4, 0.5) is 4.39 Å². The number of benzene rings is 2. The number of amides is 1. The monoisotopic (exact) mass is 419 g/mol. The van der Waals surface area contributed by atoms with Crippen molar-refractivity contribution in [2.24, 2.45) is 0 Å². The van der Waals surface area contributed by atoms with E-state index in [9.17, 15) is 17.6 Å². The van der Waals surface area contributed by atoms with Gasteiger partial charge in [-0.05, 0) is 36.4 Å². The van der Waals surface area contributed by atoms with Crippen LogP contribution in [-0.4, -0.2) is 67.7 Å². The highest BCUT2D eigenvalue weighted by Crippen LogP contribution is 2.19. The molecule has 8 heteroatoms. The van der Waals surface area contributed by atoms with Crippen molar-refractivity contribution < 1.29 is 17.6 Å². The molecule has 1 saturated heterocycles. The van der Waals surface area contributed by atoms with E-state index in [1.54, 1.807) is 4.90 Å². The van der Waals surface area contributed by atoms with Crippen LogP contribution in [-0.2, 0) is 21.4 Å². The number of sulfonamides is 1. The quantitative estimate of drug-likeness (QED) is 0.690. The number of rotatable bonds is 7. The molecule has 1 fully saturated rings. The lowest BCUT2D eigenvalue weighted by Crippen LogP contribution is -2.51. The van der Waals surface area contributed by atoms with E-state index in [-0.39, 0.29) is 23.9 Å². The maximum absolute atomic E-state index is 13.3. The zero-order chi connectivity index (χ0) is 20.9. The largest absolute Gasteiger partial charge is 0.339 e. The molecule has 6 nitrogen and oxygen atoms in total. The van der Waals surface area contributed by atoms with Crippen LogP contribution in [0, 0.1) is 5.82 Å². The van der Waals surface area contributed by atoms with Gasteiger partial charge in [-0.1, -0.05) is 37.3 Å². The number of carbonyl (C=O) groups is 1. The van der Waals surface area contributed by atoms with E-state index in [1.807, 2.05) is 30.3 Å². The highest BCUT2D eigenvalue weighted by Gasteiger charge is 2.29. The number of piperazine rings is 1. The van der Waals surface area contributed by atoms with Crippen LogP contribution in [0.1, 0.15) is 12.5 Å². The van der Waals surface area contributed by atoms with Crippen molar-refractivity contribution in [3.63, 3.8) is 0 Å². The summed E-state index contributed by atoms with van der Waals surface area (Å²) in [4.78, 5) is 16.8. The number of halogens is 1. The Hall–Kier alpha value is -2.29. The number of hydrogen-bond donors (Lipinski definition) is 0. The normalized spacial score (nSPS) is 15.6. The van der Waals surface area contributed by atoms with Gasteiger partial charge in [-0.15, -0.1) is 0 Å². The van der Waals surface area contributed by atoms with E-state index in [2.05, 4.69) is 11.8 Å². The lowest BCUT2D eigenvalue weighted by atomic mass is 10.2. The summed E-state index contributed by atoms with van der Waals surface area (Å²) in [5.74, 6) is -0.731. The van der Waals surface area contributed by atoms with E-state index in [1.165, 1.54) is 16.4 Å². The van der Waals surface area contributed by atoms with E-state index in [4.69, 9.17) is 0 Å². The van der Waals surface area contributed by atoms with Crippen LogP contribution in [0.3, 0.4) is 0 Å². The fourth-order valence-electron chi connectivity index (χ4n) is 3.33. The molecule has 29 heavy (non-hydrogen) atoms. The second-order valence-corrected chi connectivity index (χ2v) is 8.97. The van der Waals surface area contributed by atoms with Crippen molar-refractivity contribution in [2.75, 3.05) is 39.3 Å². The summed E-state index contributed by atoms with van der Waals surface area (Å²) in [5.41, 5.74) is 0.779. The molecule has 3 rings (SSSR count). The molecule has 1 heterocycles. The lowest BCUT2D eigenvalue weighted by Gasteiger charge is -2.35. The molecule has 0 radical (unpaired) electrons. The summed E-state index contributed by atoms with van der Waals surface area (Å²) in [5, 5.41) is 0. The van der Waals surface area contributed by atoms with Crippen LogP contribution in [0.5, 0.6) is 0 Å². The van der Waals surface area contributed by atoms with Crippen LogP contribution in [0.2, 0.25) is 0 Å². The smallest absolute Gasteiger partial charge is 0.243 e. The molecule has 1 aliphatic heterocycles. The van der Waals surface area contributed by atoms with Crippen molar-refractivity contribution >= 4 is 15.9 Å². The third-order valence-corrected chi connectivity index (χ3v) is 6.94. The van der Waals surface area contributed by atoms with Gasteiger partial charge < -0.3 is 9.80 Å². The first-order valence-electron chi connectivity index (χ1n) is 9.70. The van der Waals surface area contributed by atoms with Gasteiger partial charge in [0.25, 0.3) is 0 Å². The number of hydrogen-bond acceptors (Lipinski definition) is 4. The molecule has 0 atom stereocenters. The van der Waals surface area contributed by atoms with Crippen molar-refractivity contribution in [1.29, 1.82) is 0 Å². The van der Waals surface area contributed by atoms with Crippen molar-refractivity contribution in [3.05, 3.63) is 66.0 Å². The first-order chi connectivity index (χ1) is 13.9. The number of carbonyl (C=O) groups excluding carboxylic acids is 1. The van der Waals surface area contributed by atoms with E-state index in [0.717, 1.165) is 37.3 Å². The van der Waals surface area contributed by atoms with Crippen molar-refractivity contribution in [1.82, 2.24) is 14.1 Å². The molecule has 156 valence electrons. The molecular formula is C21H26FN3O3S. The maximum Gasteiger partial charge on any atom is 0.243 e. The molecule has 2 aromatic carbocycles. The Labute approximate surface area is 171 Å². The molecule has 1 amide bonds. The van der Waals surface area contributed by atoms with Gasteiger partial charge in [0.05, 0.1) is 11.4 Å². The summed E-state index contributed by atoms with van der Waals surface area (Å²) in [6.07, 6.45) is 0. The Balaban J connectivity index is 1.81. The van der Waals surface area contributed by atoms with E-state index >= 15 is 0 Å². The highest BCUT2D eigenvalue weighted by molar-refractivity contribution is 7.89. The first-order valence-corrected chi connectivity index (χ1v) is 11.1. The second-order valence-electron chi connectivity index (χ2n) is 7.03. The zero-order valence-electron chi connectivity index (χ0n) is 16.5. The van der Waals surface area contributed by atoms with Gasteiger partial charge in [0, 0.05) is 32.7 Å². The molecule has 0 spiro atoms. The SMILES string of the molecule is CCN1CCN(C(=O)CN(Cc2ccccc2)S(=O)(=O)c2ccc(F)cc2)CC1. The van der Waals surface area contributed by atoms with Crippen molar-refractivity contribution in [3.8, 4) is 0 Å². The lowest BCUT2D eigenvalue weighted by molar-refractivity contribution is -0.133. The molecular weight excluding hydrogens is 393 g/mol. The molecule has 0 aliphatic carbocycles. The number of nitrogens with zero attached hydrogens (tertiary/aromatic N) is 3. The average molecular weight is 420 g/mol. The van der Waals surface area contributed by atoms with Crippen LogP contribution in [0.25, 0.3) is 0 Å². The summed E-state index contributed by atoms with van der Waals surface area (Å²) in [6.45, 7) is 5.57. The molecule has 1 aliphatic rings. The van der Waals surface area contributed by atoms with E-state index < -0.39 is 15.8 Å². The molecule has 0 bridgehead atoms. The Morgan fingerprint density at radius 3 is 2.21 bits per heavy atom. The van der Waals surface area contributed by atoms with Gasteiger partial charge in [-0.2, -0.15) is 4.31 Å². The Kier molecular flexibility index (Phi) is 7.00. The minimum Gasteiger partial charge on any atom is -0.339 e. The maximum atomic E-state index is 13.3. The standard InChI is InChI=1S/C21H26FN3O3S/c1-2-23-12-14-24(15-13-23)21(26)17-25(16-18-6-4-3-5-7-18)29(27,28)20-10-8-19(22)9-11-20/h3-11H,2,12-17H2,1H3. The summed E-state index contributed by atoms with van der Waals surface area (Å²) in [6, 6.07) is 13.8. The summed E-state index contributed by atoms with van der Waals surface area (Å²) in [7, 11) is -3.96.